The summed E-state index contributed by atoms with van der Waals surface area (Å²) in [7, 11) is -3.02. The largest absolute Gasteiger partial charge is 0.495 e. The van der Waals surface area contributed by atoms with Crippen LogP contribution in [0.15, 0.2) is 41.3 Å². The van der Waals surface area contributed by atoms with Gasteiger partial charge in [0.2, 0.25) is 5.91 Å². The van der Waals surface area contributed by atoms with Gasteiger partial charge in [-0.2, -0.15) is 0 Å². The number of rotatable bonds is 8. The fraction of sp³-hybridized carbons (Fsp3) is 0.435. The van der Waals surface area contributed by atoms with Crippen molar-refractivity contribution >= 4 is 38.9 Å². The number of ether oxygens (including phenoxy) is 1. The van der Waals surface area contributed by atoms with Crippen LogP contribution in [0.4, 0.5) is 11.4 Å². The summed E-state index contributed by atoms with van der Waals surface area (Å²) in [5.74, 6) is -0.282. The van der Waals surface area contributed by atoms with Crippen molar-refractivity contribution in [1.29, 1.82) is 0 Å². The molecule has 184 valence electrons. The van der Waals surface area contributed by atoms with Gasteiger partial charge < -0.3 is 10.1 Å². The molecule has 11 heteroatoms. The molecule has 0 aliphatic heterocycles. The topological polar surface area (TPSA) is 119 Å². The molecule has 0 heterocycles. The van der Waals surface area contributed by atoms with Gasteiger partial charge in [0.1, 0.15) is 12.3 Å². The number of sulfonamides is 1. The van der Waals surface area contributed by atoms with E-state index in [1.807, 2.05) is 0 Å². The number of amides is 1. The number of nitro groups is 1. The van der Waals surface area contributed by atoms with Crippen molar-refractivity contribution in [2.75, 3.05) is 18.0 Å². The third kappa shape index (κ3) is 5.98. The van der Waals surface area contributed by atoms with E-state index in [0.717, 1.165) is 48.9 Å². The molecule has 1 amide bonds. The average Bonchev–Trinajstić information content (AvgIpc) is 3.06. The molecule has 1 aliphatic carbocycles. The van der Waals surface area contributed by atoms with Crippen LogP contribution in [0.25, 0.3) is 0 Å². The molecule has 0 radical (unpaired) electrons. The van der Waals surface area contributed by atoms with Crippen molar-refractivity contribution in [3.8, 4) is 5.75 Å². The molecule has 1 saturated carbocycles. The maximum absolute atomic E-state index is 13.7. The van der Waals surface area contributed by atoms with Gasteiger partial charge in [0.05, 0.1) is 22.6 Å². The molecule has 2 aromatic rings. The first-order chi connectivity index (χ1) is 16.1. The number of nitrogens with one attached hydrogen (secondary N) is 1. The number of halogens is 1. The number of nitrogens with zero attached hydrogens (tertiary/aromatic N) is 2. The van der Waals surface area contributed by atoms with Gasteiger partial charge in [0.25, 0.3) is 15.7 Å². The highest BCUT2D eigenvalue weighted by atomic mass is 35.5. The number of aryl methyl sites for hydroxylation is 1. The second kappa shape index (κ2) is 11.1. The van der Waals surface area contributed by atoms with Crippen molar-refractivity contribution in [2.45, 2.75) is 56.4 Å². The van der Waals surface area contributed by atoms with Crippen LogP contribution in [0.1, 0.15) is 44.1 Å². The van der Waals surface area contributed by atoms with Gasteiger partial charge in [-0.15, -0.1) is 0 Å². The van der Waals surface area contributed by atoms with Crippen molar-refractivity contribution in [2.24, 2.45) is 0 Å². The Bertz CT molecular complexity index is 1160. The van der Waals surface area contributed by atoms with E-state index in [-0.39, 0.29) is 33.1 Å². The Morgan fingerprint density at radius 3 is 2.47 bits per heavy atom. The zero-order valence-corrected chi connectivity index (χ0v) is 20.7. The molecular formula is C23H28ClN3O6S. The lowest BCUT2D eigenvalue weighted by Crippen LogP contribution is -2.44. The Kier molecular flexibility index (Phi) is 8.37. The maximum Gasteiger partial charge on any atom is 0.273 e. The summed E-state index contributed by atoms with van der Waals surface area (Å²) in [6, 6.07) is 8.05. The van der Waals surface area contributed by atoms with Gasteiger partial charge in [0.15, 0.2) is 0 Å². The summed E-state index contributed by atoms with van der Waals surface area (Å²) in [4.78, 5) is 23.5. The minimum Gasteiger partial charge on any atom is -0.495 e. The fourth-order valence-corrected chi connectivity index (χ4v) is 5.67. The molecule has 34 heavy (non-hydrogen) atoms. The second-order valence-electron chi connectivity index (χ2n) is 8.29. The number of hydrogen-bond acceptors (Lipinski definition) is 6. The van der Waals surface area contributed by atoms with E-state index in [1.165, 1.54) is 44.4 Å². The lowest BCUT2D eigenvalue weighted by molar-refractivity contribution is -0.385. The highest BCUT2D eigenvalue weighted by Gasteiger charge is 2.32. The first kappa shape index (κ1) is 25.8. The summed E-state index contributed by atoms with van der Waals surface area (Å²) in [6.45, 7) is 0.990. The van der Waals surface area contributed by atoms with E-state index in [0.29, 0.717) is 5.56 Å². The van der Waals surface area contributed by atoms with Crippen LogP contribution < -0.4 is 14.4 Å². The SMILES string of the molecule is COc1ccc(Cl)cc1N(CC(=O)NC1CCCCCC1)S(=O)(=O)c1ccc(C)c([N+](=O)[O-])c1. The van der Waals surface area contributed by atoms with Gasteiger partial charge in [-0.25, -0.2) is 8.42 Å². The second-order valence-corrected chi connectivity index (χ2v) is 10.6. The highest BCUT2D eigenvalue weighted by molar-refractivity contribution is 7.92. The Balaban J connectivity index is 2.03. The van der Waals surface area contributed by atoms with E-state index in [9.17, 15) is 23.3 Å². The van der Waals surface area contributed by atoms with E-state index < -0.39 is 27.4 Å². The molecule has 0 bridgehead atoms. The molecule has 0 atom stereocenters. The number of anilines is 1. The van der Waals surface area contributed by atoms with Crippen LogP contribution in [-0.4, -0.2) is 38.9 Å². The van der Waals surface area contributed by atoms with Gasteiger partial charge in [0, 0.05) is 22.7 Å². The van der Waals surface area contributed by atoms with Crippen LogP contribution in [-0.2, 0) is 14.8 Å². The lowest BCUT2D eigenvalue weighted by atomic mass is 10.1. The third-order valence-electron chi connectivity index (χ3n) is 5.88. The smallest absolute Gasteiger partial charge is 0.273 e. The van der Waals surface area contributed by atoms with Crippen LogP contribution in [0.3, 0.4) is 0 Å². The van der Waals surface area contributed by atoms with Crippen LogP contribution in [0.2, 0.25) is 5.02 Å². The standard InChI is InChI=1S/C23H28ClN3O6S/c1-16-9-11-19(14-20(16)27(29)30)34(31,32)26(21-13-17(24)10-12-22(21)33-2)15-23(28)25-18-7-5-3-4-6-8-18/h9-14,18H,3-8,15H2,1-2H3,(H,25,28). The van der Waals surface area contributed by atoms with Crippen molar-refractivity contribution in [3.05, 3.63) is 57.1 Å². The summed E-state index contributed by atoms with van der Waals surface area (Å²) < 4.78 is 33.6. The Morgan fingerprint density at radius 2 is 1.85 bits per heavy atom. The molecule has 0 unspecified atom stereocenters. The molecule has 0 spiro atoms. The molecular weight excluding hydrogens is 482 g/mol. The summed E-state index contributed by atoms with van der Waals surface area (Å²) in [5, 5.41) is 14.6. The van der Waals surface area contributed by atoms with E-state index in [1.54, 1.807) is 0 Å². The number of benzene rings is 2. The zero-order valence-electron chi connectivity index (χ0n) is 19.1. The summed E-state index contributed by atoms with van der Waals surface area (Å²) in [5.41, 5.74) is 0.0539. The van der Waals surface area contributed by atoms with Gasteiger partial charge in [-0.3, -0.25) is 19.2 Å². The fourth-order valence-electron chi connectivity index (χ4n) is 4.06. The molecule has 2 aromatic carbocycles. The quantitative estimate of drug-likeness (QED) is 0.315. The number of nitro benzene ring substituents is 1. The van der Waals surface area contributed by atoms with E-state index in [4.69, 9.17) is 16.3 Å². The Labute approximate surface area is 204 Å². The van der Waals surface area contributed by atoms with Gasteiger partial charge >= 0.3 is 0 Å². The first-order valence-corrected chi connectivity index (χ1v) is 12.9. The van der Waals surface area contributed by atoms with Crippen molar-refractivity contribution in [1.82, 2.24) is 5.32 Å². The maximum atomic E-state index is 13.7. The summed E-state index contributed by atoms with van der Waals surface area (Å²) in [6.07, 6.45) is 5.90. The average molecular weight is 510 g/mol. The molecule has 0 aromatic heterocycles. The minimum atomic E-state index is -4.39. The molecule has 1 aliphatic rings. The number of methoxy groups -OCH3 is 1. The molecule has 1 fully saturated rings. The zero-order chi connectivity index (χ0) is 24.9. The first-order valence-electron chi connectivity index (χ1n) is 11.0. The van der Waals surface area contributed by atoms with Crippen molar-refractivity contribution in [3.63, 3.8) is 0 Å². The summed E-state index contributed by atoms with van der Waals surface area (Å²) >= 11 is 6.14. The van der Waals surface area contributed by atoms with Crippen molar-refractivity contribution < 1.29 is 22.9 Å². The Morgan fingerprint density at radius 1 is 1.18 bits per heavy atom. The number of hydrogen-bond donors (Lipinski definition) is 1. The molecule has 3 rings (SSSR count). The predicted molar refractivity (Wildman–Crippen MR) is 130 cm³/mol. The van der Waals surface area contributed by atoms with Crippen LogP contribution in [0, 0.1) is 17.0 Å². The minimum absolute atomic E-state index is 0.0266. The van der Waals surface area contributed by atoms with E-state index in [2.05, 4.69) is 5.32 Å². The van der Waals surface area contributed by atoms with Crippen LogP contribution in [0.5, 0.6) is 5.75 Å². The van der Waals surface area contributed by atoms with Gasteiger partial charge in [-0.05, 0) is 44.0 Å². The number of carbonyl (C=O) groups is 1. The van der Waals surface area contributed by atoms with Gasteiger partial charge in [-0.1, -0.05) is 43.4 Å². The molecule has 9 nitrogen and oxygen atoms in total. The normalized spacial score (nSPS) is 14.8. The lowest BCUT2D eigenvalue weighted by Gasteiger charge is -2.27. The third-order valence-corrected chi connectivity index (χ3v) is 7.87. The van der Waals surface area contributed by atoms with Crippen LogP contribution >= 0.6 is 11.6 Å². The van der Waals surface area contributed by atoms with E-state index >= 15 is 0 Å². The Hall–Kier alpha value is -2.85. The molecule has 0 saturated heterocycles. The predicted octanol–water partition coefficient (Wildman–Crippen LogP) is 4.60. The molecule has 1 N–H and O–H groups in total. The highest BCUT2D eigenvalue weighted by Crippen LogP contribution is 2.35. The monoisotopic (exact) mass is 509 g/mol. The number of carbonyl (C=O) groups excluding carboxylic acids is 1.